The van der Waals surface area contributed by atoms with Crippen LogP contribution in [-0.4, -0.2) is 9.13 Å². The lowest BCUT2D eigenvalue weighted by Crippen LogP contribution is -2.18. The van der Waals surface area contributed by atoms with E-state index < -0.39 is 0 Å². The Balaban J connectivity index is 0.743. The third kappa shape index (κ3) is 7.96. The van der Waals surface area contributed by atoms with Crippen LogP contribution in [0.25, 0.3) is 122 Å². The van der Waals surface area contributed by atoms with Gasteiger partial charge in [-0.05, 0) is 198 Å². The molecule has 0 fully saturated rings. The van der Waals surface area contributed by atoms with E-state index in [4.69, 9.17) is 0 Å². The van der Waals surface area contributed by atoms with Crippen molar-refractivity contribution in [3.05, 3.63) is 320 Å². The van der Waals surface area contributed by atoms with Gasteiger partial charge in [0.2, 0.25) is 0 Å². The van der Waals surface area contributed by atoms with Crippen molar-refractivity contribution in [1.29, 1.82) is 0 Å². The summed E-state index contributed by atoms with van der Waals surface area (Å²) in [6.45, 7) is 9.65. The predicted octanol–water partition coefficient (Wildman–Crippen LogP) is 22.6. The third-order valence-electron chi connectivity index (χ3n) is 19.3. The fourth-order valence-electron chi connectivity index (χ4n) is 14.8. The fraction of sp³-hybridized carbons (Fsp3) is 0.0714. The highest BCUT2D eigenvalue weighted by Gasteiger charge is 2.39. The Morgan fingerprint density at radius 1 is 0.230 bits per heavy atom. The highest BCUT2D eigenvalue weighted by atomic mass is 15.1. The lowest BCUT2D eigenvalue weighted by Gasteiger charge is -2.30. The zero-order valence-electron chi connectivity index (χ0n) is 49.1. The van der Waals surface area contributed by atoms with E-state index in [1.54, 1.807) is 0 Å². The minimum atomic E-state index is -0.270. The van der Waals surface area contributed by atoms with Crippen LogP contribution < -0.4 is 4.90 Å². The number of benzene rings is 13. The molecule has 0 N–H and O–H groups in total. The smallest absolute Gasteiger partial charge is 0.0541 e. The molecule has 3 heteroatoms. The third-order valence-corrected chi connectivity index (χ3v) is 19.3. The molecule has 412 valence electrons. The average molecular weight is 1110 g/mol. The van der Waals surface area contributed by atoms with Crippen LogP contribution in [0, 0.1) is 0 Å². The Bertz CT molecular complexity index is 4970. The van der Waals surface area contributed by atoms with E-state index >= 15 is 0 Å². The van der Waals surface area contributed by atoms with Crippen molar-refractivity contribution in [3.63, 3.8) is 0 Å². The number of para-hydroxylation sites is 4. The highest BCUT2D eigenvalue weighted by molar-refractivity contribution is 6.12. The summed E-state index contributed by atoms with van der Waals surface area (Å²) >= 11 is 0. The van der Waals surface area contributed by atoms with Gasteiger partial charge in [0.05, 0.1) is 22.1 Å². The van der Waals surface area contributed by atoms with Crippen molar-refractivity contribution in [3.8, 4) is 78.1 Å². The number of hydrogen-bond acceptors (Lipinski definition) is 1. The number of hydrogen-bond donors (Lipinski definition) is 0. The molecule has 2 heterocycles. The number of aromatic nitrogens is 2. The minimum Gasteiger partial charge on any atom is -0.310 e. The minimum absolute atomic E-state index is 0.270. The van der Waals surface area contributed by atoms with Crippen LogP contribution in [0.2, 0.25) is 0 Å². The molecule has 0 saturated heterocycles. The number of fused-ring (bicyclic) bond motifs is 12. The number of rotatable bonds is 9. The molecule has 2 aromatic heterocycles. The Kier molecular flexibility index (Phi) is 11.3. The van der Waals surface area contributed by atoms with Crippen LogP contribution in [0.15, 0.2) is 297 Å². The second kappa shape index (κ2) is 19.4. The summed E-state index contributed by atoms with van der Waals surface area (Å²) in [5, 5.41) is 5.04. The first kappa shape index (κ1) is 50.7. The maximum absolute atomic E-state index is 2.49. The summed E-state index contributed by atoms with van der Waals surface area (Å²) in [6, 6.07) is 111. The topological polar surface area (TPSA) is 13.1 Å². The first-order valence-electron chi connectivity index (χ1n) is 30.5. The SMILES string of the molecule is CC1(C)c2cc(-c3ccc4c(c3)c3ccccc3n4-c3ccccc3)ccc2-c2ccc(N(c3ccc(-c4ccc(-c5ccccc5)cc4)cc3)c3ccc4c(c3)C(C)(C)c3cc(-c5ccc6c(c5)c5ccccc5n6-c5ccccc5)ccc3-4)cc21. The summed E-state index contributed by atoms with van der Waals surface area (Å²) < 4.78 is 4.79. The van der Waals surface area contributed by atoms with Gasteiger partial charge >= 0.3 is 0 Å². The van der Waals surface area contributed by atoms with Crippen LogP contribution >= 0.6 is 0 Å². The molecule has 0 aliphatic heterocycles. The molecule has 0 saturated carbocycles. The van der Waals surface area contributed by atoms with Crippen molar-refractivity contribution < 1.29 is 0 Å². The van der Waals surface area contributed by atoms with E-state index in [1.165, 1.54) is 144 Å². The highest BCUT2D eigenvalue weighted by Crippen LogP contribution is 2.55. The zero-order chi connectivity index (χ0) is 58.1. The van der Waals surface area contributed by atoms with E-state index in [9.17, 15) is 0 Å². The first-order valence-corrected chi connectivity index (χ1v) is 30.5. The molecule has 13 aromatic carbocycles. The number of anilines is 3. The molecule has 0 unspecified atom stereocenters. The van der Waals surface area contributed by atoms with Crippen LogP contribution in [0.3, 0.4) is 0 Å². The van der Waals surface area contributed by atoms with Gasteiger partial charge in [-0.3, -0.25) is 0 Å². The molecule has 17 rings (SSSR count). The second-order valence-corrected chi connectivity index (χ2v) is 24.9. The van der Waals surface area contributed by atoms with Crippen molar-refractivity contribution in [2.24, 2.45) is 0 Å². The van der Waals surface area contributed by atoms with Crippen molar-refractivity contribution in [2.45, 2.75) is 38.5 Å². The Morgan fingerprint density at radius 2 is 0.529 bits per heavy atom. The maximum atomic E-state index is 2.49. The zero-order valence-corrected chi connectivity index (χ0v) is 49.1. The van der Waals surface area contributed by atoms with E-state index in [-0.39, 0.29) is 10.8 Å². The van der Waals surface area contributed by atoms with Crippen LogP contribution in [0.1, 0.15) is 49.9 Å². The molecular formula is C84H61N3. The normalized spacial score (nSPS) is 13.5. The molecule has 15 aromatic rings. The Labute approximate surface area is 508 Å². The van der Waals surface area contributed by atoms with E-state index in [0.717, 1.165) is 17.1 Å². The van der Waals surface area contributed by atoms with Gasteiger partial charge in [0, 0.05) is 60.8 Å². The monoisotopic (exact) mass is 1110 g/mol. The Morgan fingerprint density at radius 3 is 0.966 bits per heavy atom. The molecule has 3 nitrogen and oxygen atoms in total. The van der Waals surface area contributed by atoms with Gasteiger partial charge < -0.3 is 14.0 Å². The first-order chi connectivity index (χ1) is 42.6. The molecule has 0 amide bonds. The molecule has 0 spiro atoms. The van der Waals surface area contributed by atoms with Gasteiger partial charge in [0.15, 0.2) is 0 Å². The lowest BCUT2D eigenvalue weighted by molar-refractivity contribution is 0.660. The predicted molar refractivity (Wildman–Crippen MR) is 367 cm³/mol. The van der Waals surface area contributed by atoms with Crippen LogP contribution in [0.5, 0.6) is 0 Å². The lowest BCUT2D eigenvalue weighted by atomic mass is 9.81. The summed E-state index contributed by atoms with van der Waals surface area (Å²) in [5.74, 6) is 0. The maximum Gasteiger partial charge on any atom is 0.0541 e. The van der Waals surface area contributed by atoms with E-state index in [0.29, 0.717) is 0 Å². The average Bonchev–Trinajstić information content (AvgIpc) is 1.79. The van der Waals surface area contributed by atoms with Gasteiger partial charge in [0.25, 0.3) is 0 Å². The second-order valence-electron chi connectivity index (χ2n) is 24.9. The van der Waals surface area contributed by atoms with Crippen molar-refractivity contribution >= 4 is 60.7 Å². The molecule has 0 radical (unpaired) electrons. The number of nitrogens with zero attached hydrogens (tertiary/aromatic N) is 3. The van der Waals surface area contributed by atoms with E-state index in [2.05, 4.69) is 339 Å². The fourth-order valence-corrected chi connectivity index (χ4v) is 14.8. The van der Waals surface area contributed by atoms with E-state index in [1.807, 2.05) is 0 Å². The molecule has 0 atom stereocenters. The van der Waals surface area contributed by atoms with Crippen molar-refractivity contribution in [1.82, 2.24) is 9.13 Å². The molecule has 2 aliphatic carbocycles. The molecule has 2 aliphatic rings. The summed E-state index contributed by atoms with van der Waals surface area (Å²) in [5.41, 5.74) is 30.3. The summed E-state index contributed by atoms with van der Waals surface area (Å²) in [4.78, 5) is 2.49. The summed E-state index contributed by atoms with van der Waals surface area (Å²) in [6.07, 6.45) is 0. The molecular weight excluding hydrogens is 1050 g/mol. The largest absolute Gasteiger partial charge is 0.310 e. The Hall–Kier alpha value is -10.7. The van der Waals surface area contributed by atoms with Gasteiger partial charge in [-0.25, -0.2) is 0 Å². The van der Waals surface area contributed by atoms with Crippen LogP contribution in [-0.2, 0) is 10.8 Å². The van der Waals surface area contributed by atoms with Gasteiger partial charge in [-0.1, -0.05) is 216 Å². The van der Waals surface area contributed by atoms with Crippen molar-refractivity contribution in [2.75, 3.05) is 4.90 Å². The molecule has 0 bridgehead atoms. The van der Waals surface area contributed by atoms with Gasteiger partial charge in [-0.15, -0.1) is 0 Å². The van der Waals surface area contributed by atoms with Crippen LogP contribution in [0.4, 0.5) is 17.1 Å². The quantitative estimate of drug-likeness (QED) is 0.140. The summed E-state index contributed by atoms with van der Waals surface area (Å²) in [7, 11) is 0. The van der Waals surface area contributed by atoms with Gasteiger partial charge in [-0.2, -0.15) is 0 Å². The van der Waals surface area contributed by atoms with Gasteiger partial charge in [0.1, 0.15) is 0 Å². The molecule has 87 heavy (non-hydrogen) atoms. The standard InChI is InChI=1S/C84H61N3/c1-83(2)75-50-60(58-36-46-81-73(48-58)71-24-14-16-26-79(71)86(81)62-20-10-6-11-21-62)34-42-67(75)69-44-40-65(52-77(69)83)85(64-38-32-57(33-39-64)56-30-28-55(29-31-56)54-18-8-5-9-19-54)66-41-45-70-68-43-35-61(51-76(68)84(3,4)78(70)53-66)59-37-47-82-74(49-59)72-25-15-17-27-80(72)87(82)63-22-12-7-13-23-63/h5-53H,1-4H3.